The van der Waals surface area contributed by atoms with Gasteiger partial charge in [0.05, 0.1) is 22.3 Å². The molecule has 0 spiro atoms. The smallest absolute Gasteiger partial charge is 0.255 e. The number of benzene rings is 2. The summed E-state index contributed by atoms with van der Waals surface area (Å²) in [5.74, 6) is 1.46. The molecular weight excluding hydrogens is 360 g/mol. The summed E-state index contributed by atoms with van der Waals surface area (Å²) in [4.78, 5) is 27.5. The predicted molar refractivity (Wildman–Crippen MR) is 114 cm³/mol. The first-order chi connectivity index (χ1) is 14.3. The Hall–Kier alpha value is -3.47. The van der Waals surface area contributed by atoms with Crippen LogP contribution in [0.4, 0.5) is 0 Å². The highest BCUT2D eigenvalue weighted by molar-refractivity contribution is 5.94. The molecule has 2 aromatic carbocycles. The first-order valence-electron chi connectivity index (χ1n) is 10.0. The molecule has 1 amide bonds. The lowest BCUT2D eigenvalue weighted by Crippen LogP contribution is -2.38. The fraction of sp³-hybridized carbons (Fsp3) is 0.208. The van der Waals surface area contributed by atoms with Crippen molar-refractivity contribution < 1.29 is 4.79 Å². The van der Waals surface area contributed by atoms with Crippen LogP contribution in [0.2, 0.25) is 0 Å². The maximum absolute atomic E-state index is 12.9. The fourth-order valence-electron chi connectivity index (χ4n) is 4.00. The molecule has 0 aliphatic carbocycles. The van der Waals surface area contributed by atoms with E-state index >= 15 is 0 Å². The number of hydrogen-bond donors (Lipinski definition) is 1. The maximum atomic E-state index is 12.9. The second-order valence-corrected chi connectivity index (χ2v) is 7.50. The lowest BCUT2D eigenvalue weighted by atomic mass is 9.95. The van der Waals surface area contributed by atoms with E-state index in [0.717, 1.165) is 54.0 Å². The zero-order valence-corrected chi connectivity index (χ0v) is 16.1. The number of piperidine rings is 1. The number of carbonyl (C=O) groups excluding carboxylic acids is 1. The van der Waals surface area contributed by atoms with Gasteiger partial charge in [-0.2, -0.15) is 0 Å². The normalized spacial score (nSPS) is 15.0. The fourth-order valence-corrected chi connectivity index (χ4v) is 4.00. The van der Waals surface area contributed by atoms with Crippen molar-refractivity contribution in [3.05, 3.63) is 84.3 Å². The third-order valence-corrected chi connectivity index (χ3v) is 5.66. The number of H-pyrrole nitrogens is 1. The molecule has 144 valence electrons. The third kappa shape index (κ3) is 3.51. The summed E-state index contributed by atoms with van der Waals surface area (Å²) in [7, 11) is 0. The molecule has 0 unspecified atom stereocenters. The van der Waals surface area contributed by atoms with Crippen LogP contribution < -0.4 is 0 Å². The molecule has 1 N–H and O–H groups in total. The monoisotopic (exact) mass is 382 g/mol. The predicted octanol–water partition coefficient (Wildman–Crippen LogP) is 4.64. The molecule has 2 aromatic heterocycles. The Balaban J connectivity index is 1.25. The first-order valence-corrected chi connectivity index (χ1v) is 10.0. The van der Waals surface area contributed by atoms with Crippen LogP contribution in [0.3, 0.4) is 0 Å². The summed E-state index contributed by atoms with van der Waals surface area (Å²) in [5, 5.41) is 0. The Morgan fingerprint density at radius 1 is 0.931 bits per heavy atom. The topological polar surface area (TPSA) is 61.9 Å². The van der Waals surface area contributed by atoms with Crippen molar-refractivity contribution >= 4 is 16.9 Å². The van der Waals surface area contributed by atoms with E-state index in [1.54, 1.807) is 6.20 Å². The van der Waals surface area contributed by atoms with E-state index in [9.17, 15) is 4.79 Å². The molecule has 0 saturated carbocycles. The number of likely N-dealkylation sites (tertiary alicyclic amines) is 1. The summed E-state index contributed by atoms with van der Waals surface area (Å²) in [6.45, 7) is 1.47. The minimum Gasteiger partial charge on any atom is -0.342 e. The van der Waals surface area contributed by atoms with Crippen molar-refractivity contribution in [1.82, 2.24) is 19.9 Å². The Morgan fingerprint density at radius 2 is 1.69 bits per heavy atom. The summed E-state index contributed by atoms with van der Waals surface area (Å²) in [6, 6.07) is 21.9. The van der Waals surface area contributed by atoms with E-state index in [-0.39, 0.29) is 5.91 Å². The van der Waals surface area contributed by atoms with Crippen molar-refractivity contribution in [2.45, 2.75) is 18.8 Å². The summed E-state index contributed by atoms with van der Waals surface area (Å²) < 4.78 is 0. The van der Waals surface area contributed by atoms with Crippen molar-refractivity contribution in [3.8, 4) is 11.3 Å². The number of rotatable bonds is 3. The second-order valence-electron chi connectivity index (χ2n) is 7.50. The van der Waals surface area contributed by atoms with E-state index in [4.69, 9.17) is 4.98 Å². The minimum atomic E-state index is 0.0557. The van der Waals surface area contributed by atoms with Crippen molar-refractivity contribution in [2.24, 2.45) is 0 Å². The molecule has 1 aliphatic rings. The Kier molecular flexibility index (Phi) is 4.56. The Bertz CT molecular complexity index is 1090. The molecule has 0 radical (unpaired) electrons. The third-order valence-electron chi connectivity index (χ3n) is 5.66. The van der Waals surface area contributed by atoms with Crippen LogP contribution in [0.15, 0.2) is 72.9 Å². The minimum absolute atomic E-state index is 0.0557. The number of nitrogens with zero attached hydrogens (tertiary/aromatic N) is 3. The lowest BCUT2D eigenvalue weighted by molar-refractivity contribution is 0.0711. The van der Waals surface area contributed by atoms with Gasteiger partial charge in [-0.1, -0.05) is 42.5 Å². The average Bonchev–Trinajstić information content (AvgIpc) is 3.24. The maximum Gasteiger partial charge on any atom is 0.255 e. The number of carbonyl (C=O) groups is 1. The van der Waals surface area contributed by atoms with E-state index < -0.39 is 0 Å². The number of imidazole rings is 1. The SMILES string of the molecule is O=C(c1ccc(-c2ccccc2)nc1)N1CCC(c2nc3ccccc3[nH]2)CC1. The molecule has 5 rings (SSSR count). The molecule has 1 aliphatic heterocycles. The number of hydrogen-bond acceptors (Lipinski definition) is 3. The van der Waals surface area contributed by atoms with Gasteiger partial charge in [-0.15, -0.1) is 0 Å². The van der Waals surface area contributed by atoms with Gasteiger partial charge in [-0.3, -0.25) is 9.78 Å². The van der Waals surface area contributed by atoms with Gasteiger partial charge >= 0.3 is 0 Å². The van der Waals surface area contributed by atoms with Crippen LogP contribution in [0.5, 0.6) is 0 Å². The molecule has 3 heterocycles. The van der Waals surface area contributed by atoms with Gasteiger partial charge in [-0.25, -0.2) is 4.98 Å². The van der Waals surface area contributed by atoms with Crippen LogP contribution in [-0.4, -0.2) is 38.8 Å². The summed E-state index contributed by atoms with van der Waals surface area (Å²) >= 11 is 0. The van der Waals surface area contributed by atoms with Gasteiger partial charge in [0.1, 0.15) is 5.82 Å². The number of para-hydroxylation sites is 2. The van der Waals surface area contributed by atoms with Gasteiger partial charge in [0.25, 0.3) is 5.91 Å². The van der Waals surface area contributed by atoms with Crippen LogP contribution in [0.1, 0.15) is 34.9 Å². The van der Waals surface area contributed by atoms with E-state index in [1.165, 1.54) is 0 Å². The molecule has 29 heavy (non-hydrogen) atoms. The van der Waals surface area contributed by atoms with Gasteiger partial charge in [0.15, 0.2) is 0 Å². The highest BCUT2D eigenvalue weighted by Crippen LogP contribution is 2.28. The zero-order chi connectivity index (χ0) is 19.6. The van der Waals surface area contributed by atoms with E-state index in [0.29, 0.717) is 11.5 Å². The largest absolute Gasteiger partial charge is 0.342 e. The molecule has 0 bridgehead atoms. The van der Waals surface area contributed by atoms with E-state index in [2.05, 4.69) is 16.0 Å². The van der Waals surface area contributed by atoms with Gasteiger partial charge in [-0.05, 0) is 37.1 Å². The van der Waals surface area contributed by atoms with E-state index in [1.807, 2.05) is 65.6 Å². The molecule has 5 heteroatoms. The van der Waals surface area contributed by atoms with Crippen molar-refractivity contribution in [3.63, 3.8) is 0 Å². The Morgan fingerprint density at radius 3 is 2.41 bits per heavy atom. The highest BCUT2D eigenvalue weighted by atomic mass is 16.2. The number of pyridine rings is 1. The second kappa shape index (κ2) is 7.51. The van der Waals surface area contributed by atoms with Crippen molar-refractivity contribution in [2.75, 3.05) is 13.1 Å². The number of fused-ring (bicyclic) bond motifs is 1. The zero-order valence-electron chi connectivity index (χ0n) is 16.1. The number of nitrogens with one attached hydrogen (secondary N) is 1. The first kappa shape index (κ1) is 17.6. The number of aromatic amines is 1. The Labute approximate surface area is 169 Å². The van der Waals surface area contributed by atoms with Crippen LogP contribution in [-0.2, 0) is 0 Å². The molecule has 1 saturated heterocycles. The van der Waals surface area contributed by atoms with Crippen molar-refractivity contribution in [1.29, 1.82) is 0 Å². The molecule has 1 fully saturated rings. The van der Waals surface area contributed by atoms with Crippen LogP contribution in [0, 0.1) is 0 Å². The number of amides is 1. The molecule has 0 atom stereocenters. The van der Waals surface area contributed by atoms with Gasteiger partial charge in [0.2, 0.25) is 0 Å². The molecular formula is C24H22N4O. The van der Waals surface area contributed by atoms with Gasteiger partial charge in [0, 0.05) is 30.8 Å². The van der Waals surface area contributed by atoms with Crippen LogP contribution >= 0.6 is 0 Å². The highest BCUT2D eigenvalue weighted by Gasteiger charge is 2.26. The summed E-state index contributed by atoms with van der Waals surface area (Å²) in [6.07, 6.45) is 3.53. The van der Waals surface area contributed by atoms with Crippen LogP contribution in [0.25, 0.3) is 22.3 Å². The standard InChI is InChI=1S/C24H22N4O/c29-24(19-10-11-20(25-16-19)17-6-2-1-3-7-17)28-14-12-18(13-15-28)23-26-21-8-4-5-9-22(21)27-23/h1-11,16,18H,12-15H2,(H,26,27). The quantitative estimate of drug-likeness (QED) is 0.561. The molecule has 5 nitrogen and oxygen atoms in total. The lowest BCUT2D eigenvalue weighted by Gasteiger charge is -2.31. The molecule has 4 aromatic rings. The summed E-state index contributed by atoms with van der Waals surface area (Å²) in [5.41, 5.74) is 4.66. The van der Waals surface area contributed by atoms with Gasteiger partial charge < -0.3 is 9.88 Å². The number of aromatic nitrogens is 3. The average molecular weight is 382 g/mol.